The van der Waals surface area contributed by atoms with E-state index in [1.165, 1.54) is 0 Å². The van der Waals surface area contributed by atoms with E-state index >= 15 is 0 Å². The third-order valence-corrected chi connectivity index (χ3v) is 5.11. The normalized spacial score (nSPS) is 18.6. The molecule has 2 rings (SSSR count). The number of carbonyl (C=O) groups excluding carboxylic acids is 1. The number of aliphatic hydroxyl groups is 1. The van der Waals surface area contributed by atoms with Gasteiger partial charge in [-0.25, -0.2) is 0 Å². The van der Waals surface area contributed by atoms with Crippen molar-refractivity contribution >= 4 is 27.8 Å². The SMILES string of the molecule is O=C(O)CCCCCCN1C(=O)CC[C@@H]1/C=C/C(O)c1cccc(Br)c1. The monoisotopic (exact) mass is 423 g/mol. The minimum Gasteiger partial charge on any atom is -0.481 e. The van der Waals surface area contributed by atoms with Crippen LogP contribution in [0.3, 0.4) is 0 Å². The van der Waals surface area contributed by atoms with Gasteiger partial charge in [-0.2, -0.15) is 0 Å². The van der Waals surface area contributed by atoms with Gasteiger partial charge in [-0.3, -0.25) is 9.59 Å². The van der Waals surface area contributed by atoms with Crippen LogP contribution in [0.15, 0.2) is 40.9 Å². The second-order valence-electron chi connectivity index (χ2n) is 6.64. The van der Waals surface area contributed by atoms with Gasteiger partial charge in [-0.15, -0.1) is 0 Å². The molecule has 1 aliphatic rings. The van der Waals surface area contributed by atoms with E-state index in [9.17, 15) is 14.7 Å². The highest BCUT2D eigenvalue weighted by Crippen LogP contribution is 2.24. The fraction of sp³-hybridized carbons (Fsp3) is 0.500. The van der Waals surface area contributed by atoms with Crippen molar-refractivity contribution in [2.24, 2.45) is 0 Å². The Kier molecular flexibility index (Phi) is 8.32. The summed E-state index contributed by atoms with van der Waals surface area (Å²) in [4.78, 5) is 24.5. The average molecular weight is 424 g/mol. The van der Waals surface area contributed by atoms with Gasteiger partial charge < -0.3 is 15.1 Å². The van der Waals surface area contributed by atoms with E-state index in [0.29, 0.717) is 19.4 Å². The number of hydrogen-bond acceptors (Lipinski definition) is 3. The molecule has 1 unspecified atom stereocenters. The molecule has 2 atom stereocenters. The average Bonchev–Trinajstić information content (AvgIpc) is 2.95. The van der Waals surface area contributed by atoms with Crippen LogP contribution in [-0.4, -0.2) is 39.6 Å². The Hall–Kier alpha value is -1.66. The van der Waals surface area contributed by atoms with Crippen molar-refractivity contribution < 1.29 is 19.8 Å². The third kappa shape index (κ3) is 6.57. The number of amides is 1. The summed E-state index contributed by atoms with van der Waals surface area (Å²) in [6.45, 7) is 0.688. The molecule has 1 amide bonds. The van der Waals surface area contributed by atoms with Crippen LogP contribution < -0.4 is 0 Å². The summed E-state index contributed by atoms with van der Waals surface area (Å²) in [5.41, 5.74) is 0.810. The number of likely N-dealkylation sites (tertiary alicyclic amines) is 1. The van der Waals surface area contributed by atoms with E-state index in [2.05, 4.69) is 15.9 Å². The van der Waals surface area contributed by atoms with Crippen molar-refractivity contribution in [1.82, 2.24) is 4.90 Å². The number of halogens is 1. The van der Waals surface area contributed by atoms with E-state index in [4.69, 9.17) is 5.11 Å². The van der Waals surface area contributed by atoms with E-state index < -0.39 is 12.1 Å². The Morgan fingerprint density at radius 2 is 2.08 bits per heavy atom. The van der Waals surface area contributed by atoms with Gasteiger partial charge >= 0.3 is 5.97 Å². The summed E-state index contributed by atoms with van der Waals surface area (Å²) < 4.78 is 0.919. The standard InChI is InChI=1S/C20H26BrNO4/c21-16-7-5-6-15(14-16)18(23)11-9-17-10-12-19(24)22(17)13-4-2-1-3-8-20(25)26/h5-7,9,11,14,17-18,23H,1-4,8,10,12-13H2,(H,25,26)/b11-9+/t17-,18?/m0/s1. The van der Waals surface area contributed by atoms with E-state index in [0.717, 1.165) is 35.7 Å². The Morgan fingerprint density at radius 1 is 1.31 bits per heavy atom. The summed E-state index contributed by atoms with van der Waals surface area (Å²) in [6, 6.07) is 7.57. The zero-order valence-electron chi connectivity index (χ0n) is 14.8. The molecule has 1 aromatic carbocycles. The fourth-order valence-corrected chi connectivity index (χ4v) is 3.61. The molecule has 1 aromatic rings. The van der Waals surface area contributed by atoms with Crippen molar-refractivity contribution in [1.29, 1.82) is 0 Å². The fourth-order valence-electron chi connectivity index (χ4n) is 3.19. The maximum atomic E-state index is 12.1. The molecular weight excluding hydrogens is 398 g/mol. The third-order valence-electron chi connectivity index (χ3n) is 4.62. The molecule has 1 aliphatic heterocycles. The van der Waals surface area contributed by atoms with Crippen LogP contribution >= 0.6 is 15.9 Å². The lowest BCUT2D eigenvalue weighted by Gasteiger charge is -2.22. The Labute approximate surface area is 162 Å². The van der Waals surface area contributed by atoms with Crippen molar-refractivity contribution in [2.75, 3.05) is 6.54 Å². The number of unbranched alkanes of at least 4 members (excludes halogenated alkanes) is 3. The topological polar surface area (TPSA) is 77.8 Å². The van der Waals surface area contributed by atoms with Crippen LogP contribution in [0, 0.1) is 0 Å². The summed E-state index contributed by atoms with van der Waals surface area (Å²) >= 11 is 3.40. The summed E-state index contributed by atoms with van der Waals surface area (Å²) in [6.07, 6.45) is 7.88. The summed E-state index contributed by atoms with van der Waals surface area (Å²) in [5.74, 6) is -0.601. The van der Waals surface area contributed by atoms with Crippen molar-refractivity contribution in [2.45, 2.75) is 57.1 Å². The van der Waals surface area contributed by atoms with Crippen LogP contribution in [-0.2, 0) is 9.59 Å². The highest BCUT2D eigenvalue weighted by Gasteiger charge is 2.28. The largest absolute Gasteiger partial charge is 0.481 e. The molecule has 1 saturated heterocycles. The first-order chi connectivity index (χ1) is 12.5. The predicted molar refractivity (Wildman–Crippen MR) is 104 cm³/mol. The summed E-state index contributed by atoms with van der Waals surface area (Å²) in [5, 5.41) is 18.9. The number of carboxylic acids is 1. The molecule has 0 aliphatic carbocycles. The molecule has 1 heterocycles. The Morgan fingerprint density at radius 3 is 2.81 bits per heavy atom. The van der Waals surface area contributed by atoms with Crippen LogP contribution in [0.4, 0.5) is 0 Å². The maximum Gasteiger partial charge on any atom is 0.303 e. The highest BCUT2D eigenvalue weighted by atomic mass is 79.9. The molecular formula is C20H26BrNO4. The predicted octanol–water partition coefficient (Wildman–Crippen LogP) is 4.06. The van der Waals surface area contributed by atoms with Gasteiger partial charge in [0.1, 0.15) is 0 Å². The molecule has 142 valence electrons. The lowest BCUT2D eigenvalue weighted by molar-refractivity contribution is -0.137. The van der Waals surface area contributed by atoms with Crippen molar-refractivity contribution in [3.63, 3.8) is 0 Å². The lowest BCUT2D eigenvalue weighted by Crippen LogP contribution is -2.32. The van der Waals surface area contributed by atoms with Crippen molar-refractivity contribution in [3.8, 4) is 0 Å². The minimum absolute atomic E-state index is 0.0309. The molecule has 0 bridgehead atoms. The number of aliphatic carboxylic acids is 1. The molecule has 5 nitrogen and oxygen atoms in total. The number of rotatable bonds is 10. The second kappa shape index (κ2) is 10.5. The van der Waals surface area contributed by atoms with E-state index in [-0.39, 0.29) is 18.4 Å². The smallest absolute Gasteiger partial charge is 0.303 e. The molecule has 2 N–H and O–H groups in total. The van der Waals surface area contributed by atoms with E-state index in [1.807, 2.05) is 35.2 Å². The molecule has 0 radical (unpaired) electrons. The molecule has 1 fully saturated rings. The van der Waals surface area contributed by atoms with E-state index in [1.54, 1.807) is 6.08 Å². The maximum absolute atomic E-state index is 12.1. The number of benzene rings is 1. The van der Waals surface area contributed by atoms with Gasteiger partial charge in [-0.1, -0.05) is 53.1 Å². The Balaban J connectivity index is 1.81. The molecule has 0 saturated carbocycles. The first-order valence-corrected chi connectivity index (χ1v) is 9.90. The van der Waals surface area contributed by atoms with Gasteiger partial charge in [0.2, 0.25) is 5.91 Å². The molecule has 0 spiro atoms. The molecule has 26 heavy (non-hydrogen) atoms. The highest BCUT2D eigenvalue weighted by molar-refractivity contribution is 9.10. The molecule has 6 heteroatoms. The van der Waals surface area contributed by atoms with Crippen LogP contribution in [0.1, 0.15) is 56.6 Å². The summed E-state index contributed by atoms with van der Waals surface area (Å²) in [7, 11) is 0. The first kappa shape index (κ1) is 20.6. The van der Waals surface area contributed by atoms with Crippen LogP contribution in [0.5, 0.6) is 0 Å². The number of hydrogen-bond donors (Lipinski definition) is 2. The lowest BCUT2D eigenvalue weighted by atomic mass is 10.1. The zero-order valence-corrected chi connectivity index (χ0v) is 16.4. The molecule has 0 aromatic heterocycles. The van der Waals surface area contributed by atoms with Crippen LogP contribution in [0.25, 0.3) is 0 Å². The van der Waals surface area contributed by atoms with Gasteiger partial charge in [0, 0.05) is 23.9 Å². The number of aliphatic hydroxyl groups excluding tert-OH is 1. The first-order valence-electron chi connectivity index (χ1n) is 9.10. The van der Waals surface area contributed by atoms with Gasteiger partial charge in [0.05, 0.1) is 12.1 Å². The minimum atomic E-state index is -0.756. The van der Waals surface area contributed by atoms with Crippen molar-refractivity contribution in [3.05, 3.63) is 46.5 Å². The second-order valence-corrected chi connectivity index (χ2v) is 7.55. The zero-order chi connectivity index (χ0) is 18.9. The van der Waals surface area contributed by atoms with Gasteiger partial charge in [0.25, 0.3) is 0 Å². The number of carbonyl (C=O) groups is 2. The number of nitrogens with zero attached hydrogens (tertiary/aromatic N) is 1. The quantitative estimate of drug-likeness (QED) is 0.439. The van der Waals surface area contributed by atoms with Crippen LogP contribution in [0.2, 0.25) is 0 Å². The number of carboxylic acid groups (broad SMARTS) is 1. The van der Waals surface area contributed by atoms with Gasteiger partial charge in [0.15, 0.2) is 0 Å². The Bertz CT molecular complexity index is 646. The van der Waals surface area contributed by atoms with Gasteiger partial charge in [-0.05, 0) is 37.0 Å².